The first kappa shape index (κ1) is 17.2. The Hall–Kier alpha value is -1.68. The van der Waals surface area contributed by atoms with Gasteiger partial charge in [0.05, 0.1) is 0 Å². The number of rotatable bonds is 3. The predicted octanol–water partition coefficient (Wildman–Crippen LogP) is 3.61. The molecule has 0 aromatic heterocycles. The smallest absolute Gasteiger partial charge is 0.246 e. The molecule has 0 bridgehead atoms. The SMILES string of the molecule is CC(C)=CC(=O)N1CC[C@@]2(CCCN(Cc3ccc(F)cc3)C2)C1. The number of amides is 1. The number of hydrogen-bond donors (Lipinski definition) is 0. The van der Waals surface area contributed by atoms with E-state index in [0.717, 1.165) is 50.3 Å². The van der Waals surface area contributed by atoms with Crippen LogP contribution >= 0.6 is 0 Å². The maximum Gasteiger partial charge on any atom is 0.246 e. The van der Waals surface area contributed by atoms with E-state index in [0.29, 0.717) is 0 Å². The van der Waals surface area contributed by atoms with Crippen LogP contribution in [-0.2, 0) is 11.3 Å². The Bertz CT molecular complexity index is 621. The summed E-state index contributed by atoms with van der Waals surface area (Å²) >= 11 is 0. The molecular formula is C20H27FN2O. The third-order valence-electron chi connectivity index (χ3n) is 5.22. The molecule has 3 rings (SSSR count). The summed E-state index contributed by atoms with van der Waals surface area (Å²) < 4.78 is 13.1. The number of piperidine rings is 1. The van der Waals surface area contributed by atoms with Crippen LogP contribution in [0.5, 0.6) is 0 Å². The van der Waals surface area contributed by atoms with Gasteiger partial charge in [0.1, 0.15) is 5.82 Å². The van der Waals surface area contributed by atoms with Crippen molar-refractivity contribution in [2.24, 2.45) is 5.41 Å². The van der Waals surface area contributed by atoms with E-state index in [4.69, 9.17) is 0 Å². The minimum atomic E-state index is -0.182. The van der Waals surface area contributed by atoms with Crippen LogP contribution in [0.2, 0.25) is 0 Å². The van der Waals surface area contributed by atoms with E-state index in [2.05, 4.69) is 4.90 Å². The molecule has 1 amide bonds. The van der Waals surface area contributed by atoms with E-state index < -0.39 is 0 Å². The highest BCUT2D eigenvalue weighted by atomic mass is 19.1. The second-order valence-corrected chi connectivity index (χ2v) is 7.67. The van der Waals surface area contributed by atoms with Crippen molar-refractivity contribution in [2.75, 3.05) is 26.2 Å². The van der Waals surface area contributed by atoms with Crippen molar-refractivity contribution in [3.63, 3.8) is 0 Å². The normalized spacial score (nSPS) is 24.4. The highest BCUT2D eigenvalue weighted by Crippen LogP contribution is 2.39. The zero-order chi connectivity index (χ0) is 17.2. The fourth-order valence-electron chi connectivity index (χ4n) is 4.09. The molecule has 24 heavy (non-hydrogen) atoms. The second-order valence-electron chi connectivity index (χ2n) is 7.67. The lowest BCUT2D eigenvalue weighted by Gasteiger charge is -2.40. The first-order valence-corrected chi connectivity index (χ1v) is 8.86. The molecule has 2 saturated heterocycles. The molecule has 1 aromatic carbocycles. The maximum absolute atomic E-state index is 13.1. The second kappa shape index (κ2) is 7.06. The van der Waals surface area contributed by atoms with E-state index in [1.54, 1.807) is 6.08 Å². The number of benzene rings is 1. The first-order valence-electron chi connectivity index (χ1n) is 8.86. The summed E-state index contributed by atoms with van der Waals surface area (Å²) in [4.78, 5) is 16.8. The molecule has 0 aliphatic carbocycles. The Morgan fingerprint density at radius 2 is 1.92 bits per heavy atom. The largest absolute Gasteiger partial charge is 0.339 e. The van der Waals surface area contributed by atoms with Crippen molar-refractivity contribution in [2.45, 2.75) is 39.7 Å². The van der Waals surface area contributed by atoms with E-state index in [1.807, 2.05) is 30.9 Å². The topological polar surface area (TPSA) is 23.6 Å². The number of allylic oxidation sites excluding steroid dienone is 1. The zero-order valence-corrected chi connectivity index (χ0v) is 14.7. The number of carbonyl (C=O) groups is 1. The van der Waals surface area contributed by atoms with Gasteiger partial charge >= 0.3 is 0 Å². The van der Waals surface area contributed by atoms with Gasteiger partial charge in [0.2, 0.25) is 5.91 Å². The third kappa shape index (κ3) is 4.04. The number of halogens is 1. The van der Waals surface area contributed by atoms with Crippen LogP contribution in [0, 0.1) is 11.2 Å². The molecule has 1 atom stereocenters. The van der Waals surface area contributed by atoms with E-state index in [-0.39, 0.29) is 17.1 Å². The molecule has 2 aliphatic rings. The minimum Gasteiger partial charge on any atom is -0.339 e. The summed E-state index contributed by atoms with van der Waals surface area (Å²) in [5, 5.41) is 0. The van der Waals surface area contributed by atoms with Gasteiger partial charge in [-0.25, -0.2) is 4.39 Å². The van der Waals surface area contributed by atoms with Gasteiger partial charge in [-0.15, -0.1) is 0 Å². The van der Waals surface area contributed by atoms with Gasteiger partial charge in [-0.3, -0.25) is 9.69 Å². The molecule has 0 N–H and O–H groups in total. The Morgan fingerprint density at radius 1 is 1.17 bits per heavy atom. The standard InChI is InChI=1S/C20H27FN2O/c1-16(2)12-19(24)23-11-9-20(15-23)8-3-10-22(14-20)13-17-4-6-18(21)7-5-17/h4-7,12H,3,8-11,13-15H2,1-2H3/t20-/m1/s1. The average Bonchev–Trinajstić information content (AvgIpc) is 2.93. The van der Waals surface area contributed by atoms with Gasteiger partial charge in [-0.05, 0) is 57.4 Å². The third-order valence-corrected chi connectivity index (χ3v) is 5.22. The summed E-state index contributed by atoms with van der Waals surface area (Å²) in [6.07, 6.45) is 5.21. The van der Waals surface area contributed by atoms with Gasteiger partial charge in [0.25, 0.3) is 0 Å². The predicted molar refractivity (Wildman–Crippen MR) is 94.0 cm³/mol. The van der Waals surface area contributed by atoms with Crippen LogP contribution in [0.15, 0.2) is 35.9 Å². The molecule has 2 fully saturated rings. The van der Waals surface area contributed by atoms with Crippen LogP contribution < -0.4 is 0 Å². The highest BCUT2D eigenvalue weighted by Gasteiger charge is 2.42. The summed E-state index contributed by atoms with van der Waals surface area (Å²) in [5.41, 5.74) is 2.45. The number of likely N-dealkylation sites (tertiary alicyclic amines) is 2. The molecule has 3 nitrogen and oxygen atoms in total. The molecule has 130 valence electrons. The van der Waals surface area contributed by atoms with Gasteiger partial charge in [0, 0.05) is 37.7 Å². The van der Waals surface area contributed by atoms with Gasteiger partial charge < -0.3 is 4.90 Å². The Balaban J connectivity index is 1.62. The van der Waals surface area contributed by atoms with Gasteiger partial charge in [-0.2, -0.15) is 0 Å². The number of hydrogen-bond acceptors (Lipinski definition) is 2. The highest BCUT2D eigenvalue weighted by molar-refractivity contribution is 5.88. The van der Waals surface area contributed by atoms with E-state index in [1.165, 1.54) is 25.0 Å². The summed E-state index contributed by atoms with van der Waals surface area (Å²) in [6, 6.07) is 6.81. The molecule has 0 saturated carbocycles. The van der Waals surface area contributed by atoms with Crippen molar-refractivity contribution >= 4 is 5.91 Å². The number of carbonyl (C=O) groups excluding carboxylic acids is 1. The van der Waals surface area contributed by atoms with Crippen LogP contribution in [0.4, 0.5) is 4.39 Å². The molecule has 0 radical (unpaired) electrons. The van der Waals surface area contributed by atoms with Crippen LogP contribution in [0.25, 0.3) is 0 Å². The van der Waals surface area contributed by atoms with E-state index in [9.17, 15) is 9.18 Å². The van der Waals surface area contributed by atoms with Crippen LogP contribution in [0.1, 0.15) is 38.7 Å². The van der Waals surface area contributed by atoms with Crippen molar-refractivity contribution in [1.82, 2.24) is 9.80 Å². The molecule has 2 aliphatic heterocycles. The molecule has 0 unspecified atom stereocenters. The lowest BCUT2D eigenvalue weighted by molar-refractivity contribution is -0.125. The fraction of sp³-hybridized carbons (Fsp3) is 0.550. The van der Waals surface area contributed by atoms with Crippen LogP contribution in [0.3, 0.4) is 0 Å². The fourth-order valence-corrected chi connectivity index (χ4v) is 4.09. The monoisotopic (exact) mass is 330 g/mol. The molecule has 4 heteroatoms. The van der Waals surface area contributed by atoms with Crippen molar-refractivity contribution in [3.05, 3.63) is 47.3 Å². The number of nitrogens with zero attached hydrogens (tertiary/aromatic N) is 2. The van der Waals surface area contributed by atoms with Crippen LogP contribution in [-0.4, -0.2) is 41.9 Å². The average molecular weight is 330 g/mol. The minimum absolute atomic E-state index is 0.155. The lowest BCUT2D eigenvalue weighted by Crippen LogP contribution is -2.44. The summed E-state index contributed by atoms with van der Waals surface area (Å²) in [6.45, 7) is 8.65. The zero-order valence-electron chi connectivity index (χ0n) is 14.7. The Morgan fingerprint density at radius 3 is 2.62 bits per heavy atom. The Labute approximate surface area is 144 Å². The first-order chi connectivity index (χ1) is 11.5. The van der Waals surface area contributed by atoms with Crippen molar-refractivity contribution < 1.29 is 9.18 Å². The Kier molecular flexibility index (Phi) is 5.04. The molecule has 2 heterocycles. The van der Waals surface area contributed by atoms with Gasteiger partial charge in [0.15, 0.2) is 0 Å². The van der Waals surface area contributed by atoms with E-state index >= 15 is 0 Å². The summed E-state index contributed by atoms with van der Waals surface area (Å²) in [7, 11) is 0. The molecule has 1 spiro atoms. The summed E-state index contributed by atoms with van der Waals surface area (Å²) in [5.74, 6) is -0.0272. The molecule has 1 aromatic rings. The van der Waals surface area contributed by atoms with Crippen molar-refractivity contribution in [3.8, 4) is 0 Å². The van der Waals surface area contributed by atoms with Gasteiger partial charge in [-0.1, -0.05) is 17.7 Å². The quantitative estimate of drug-likeness (QED) is 0.791. The molecular weight excluding hydrogens is 303 g/mol. The maximum atomic E-state index is 13.1. The van der Waals surface area contributed by atoms with Crippen molar-refractivity contribution in [1.29, 1.82) is 0 Å². The lowest BCUT2D eigenvalue weighted by atomic mass is 9.79.